The van der Waals surface area contributed by atoms with Crippen molar-refractivity contribution in [3.05, 3.63) is 71.8 Å². The van der Waals surface area contributed by atoms with Crippen LogP contribution in [0.15, 0.2) is 54.7 Å². The zero-order valence-electron chi connectivity index (χ0n) is 12.7. The molecule has 0 aliphatic rings. The Morgan fingerprint density at radius 3 is 2.65 bits per heavy atom. The van der Waals surface area contributed by atoms with Crippen molar-refractivity contribution >= 4 is 5.91 Å². The van der Waals surface area contributed by atoms with Crippen molar-refractivity contribution in [3.8, 4) is 0 Å². The van der Waals surface area contributed by atoms with Gasteiger partial charge in [0.15, 0.2) is 5.82 Å². The fourth-order valence-corrected chi connectivity index (χ4v) is 2.13. The van der Waals surface area contributed by atoms with Gasteiger partial charge >= 0.3 is 0 Å². The predicted octanol–water partition coefficient (Wildman–Crippen LogP) is 1.39. The van der Waals surface area contributed by atoms with Crippen molar-refractivity contribution in [1.82, 2.24) is 30.1 Å². The van der Waals surface area contributed by atoms with Gasteiger partial charge in [-0.1, -0.05) is 24.3 Å². The van der Waals surface area contributed by atoms with Crippen LogP contribution in [0.3, 0.4) is 0 Å². The maximum atomic E-state index is 12.3. The van der Waals surface area contributed by atoms with E-state index in [2.05, 4.69) is 20.4 Å². The Balaban J connectivity index is 1.63. The molecule has 0 saturated heterocycles. The van der Waals surface area contributed by atoms with E-state index in [9.17, 15) is 4.79 Å². The Labute approximate surface area is 133 Å². The molecule has 1 amide bonds. The van der Waals surface area contributed by atoms with Crippen LogP contribution in [0.5, 0.6) is 0 Å². The molecule has 0 N–H and O–H groups in total. The van der Waals surface area contributed by atoms with Crippen LogP contribution in [0, 0.1) is 0 Å². The minimum Gasteiger partial charge on any atom is -0.334 e. The Hall–Kier alpha value is -3.09. The summed E-state index contributed by atoms with van der Waals surface area (Å²) in [6, 6.07) is 14.8. The van der Waals surface area contributed by atoms with Crippen LogP contribution in [0.25, 0.3) is 0 Å². The molecule has 0 unspecified atom stereocenters. The molecule has 0 aliphatic carbocycles. The van der Waals surface area contributed by atoms with Gasteiger partial charge in [-0.05, 0) is 29.5 Å². The summed E-state index contributed by atoms with van der Waals surface area (Å²) in [5.74, 6) is 0.416. The molecular weight excluding hydrogens is 292 g/mol. The van der Waals surface area contributed by atoms with Gasteiger partial charge in [0.1, 0.15) is 6.54 Å². The number of amides is 1. The Morgan fingerprint density at radius 2 is 1.91 bits per heavy atom. The molecule has 0 fully saturated rings. The normalized spacial score (nSPS) is 10.5. The molecule has 2 aromatic heterocycles. The number of benzene rings is 1. The first-order valence-corrected chi connectivity index (χ1v) is 7.19. The standard InChI is InChI=1S/C16H16N6O/c1-21(16(23)13-7-3-2-4-8-13)12-15-18-20-22(19-15)11-14-9-5-6-10-17-14/h2-10H,11-12H2,1H3. The molecule has 1 aromatic carbocycles. The van der Waals surface area contributed by atoms with Crippen molar-refractivity contribution < 1.29 is 4.79 Å². The van der Waals surface area contributed by atoms with Crippen molar-refractivity contribution in [3.63, 3.8) is 0 Å². The lowest BCUT2D eigenvalue weighted by atomic mass is 10.2. The highest BCUT2D eigenvalue weighted by Gasteiger charge is 2.14. The van der Waals surface area contributed by atoms with Crippen molar-refractivity contribution in [1.29, 1.82) is 0 Å². The highest BCUT2D eigenvalue weighted by molar-refractivity contribution is 5.93. The number of pyridine rings is 1. The monoisotopic (exact) mass is 308 g/mol. The molecule has 0 aliphatic heterocycles. The van der Waals surface area contributed by atoms with E-state index in [1.165, 1.54) is 4.80 Å². The number of carbonyl (C=O) groups is 1. The topological polar surface area (TPSA) is 76.8 Å². The van der Waals surface area contributed by atoms with Gasteiger partial charge in [0, 0.05) is 18.8 Å². The maximum Gasteiger partial charge on any atom is 0.254 e. The number of aromatic nitrogens is 5. The highest BCUT2D eigenvalue weighted by Crippen LogP contribution is 2.05. The lowest BCUT2D eigenvalue weighted by molar-refractivity contribution is 0.0781. The van der Waals surface area contributed by atoms with Crippen LogP contribution in [-0.4, -0.2) is 43.0 Å². The van der Waals surface area contributed by atoms with Gasteiger partial charge in [-0.3, -0.25) is 9.78 Å². The zero-order valence-corrected chi connectivity index (χ0v) is 12.7. The first-order chi connectivity index (χ1) is 11.2. The first-order valence-electron chi connectivity index (χ1n) is 7.19. The summed E-state index contributed by atoms with van der Waals surface area (Å²) >= 11 is 0. The van der Waals surface area contributed by atoms with Crippen LogP contribution >= 0.6 is 0 Å². The second kappa shape index (κ2) is 6.78. The average molecular weight is 308 g/mol. The number of hydrogen-bond donors (Lipinski definition) is 0. The van der Waals surface area contributed by atoms with Crippen LogP contribution in [-0.2, 0) is 13.1 Å². The van der Waals surface area contributed by atoms with E-state index in [1.54, 1.807) is 30.3 Å². The number of hydrogen-bond acceptors (Lipinski definition) is 5. The molecular formula is C16H16N6O. The van der Waals surface area contributed by atoms with Gasteiger partial charge in [-0.25, -0.2) is 0 Å². The largest absolute Gasteiger partial charge is 0.334 e. The Bertz CT molecular complexity index is 772. The van der Waals surface area contributed by atoms with E-state index in [-0.39, 0.29) is 5.91 Å². The van der Waals surface area contributed by atoms with Crippen LogP contribution in [0.4, 0.5) is 0 Å². The molecule has 7 heteroatoms. The van der Waals surface area contributed by atoms with Gasteiger partial charge in [0.2, 0.25) is 0 Å². The second-order valence-corrected chi connectivity index (χ2v) is 5.08. The van der Waals surface area contributed by atoms with Gasteiger partial charge in [-0.15, -0.1) is 10.2 Å². The van der Waals surface area contributed by atoms with Gasteiger partial charge in [0.05, 0.1) is 12.2 Å². The molecule has 0 atom stereocenters. The molecule has 0 bridgehead atoms. The molecule has 7 nitrogen and oxygen atoms in total. The summed E-state index contributed by atoms with van der Waals surface area (Å²) in [7, 11) is 1.72. The lowest BCUT2D eigenvalue weighted by Gasteiger charge is -2.14. The molecule has 116 valence electrons. The molecule has 3 aromatic rings. The van der Waals surface area contributed by atoms with E-state index >= 15 is 0 Å². The fraction of sp³-hybridized carbons (Fsp3) is 0.188. The van der Waals surface area contributed by atoms with E-state index in [4.69, 9.17) is 0 Å². The van der Waals surface area contributed by atoms with Crippen molar-refractivity contribution in [2.45, 2.75) is 13.1 Å². The third-order valence-corrected chi connectivity index (χ3v) is 3.27. The van der Waals surface area contributed by atoms with Crippen LogP contribution < -0.4 is 0 Å². The summed E-state index contributed by atoms with van der Waals surface area (Å²) in [5, 5.41) is 12.3. The summed E-state index contributed by atoms with van der Waals surface area (Å²) in [6.45, 7) is 0.750. The number of carbonyl (C=O) groups excluding carboxylic acids is 1. The molecule has 0 radical (unpaired) electrons. The molecule has 23 heavy (non-hydrogen) atoms. The Morgan fingerprint density at radius 1 is 1.13 bits per heavy atom. The summed E-state index contributed by atoms with van der Waals surface area (Å²) in [6.07, 6.45) is 1.72. The third-order valence-electron chi connectivity index (χ3n) is 3.27. The SMILES string of the molecule is CN(Cc1nnn(Cc2ccccn2)n1)C(=O)c1ccccc1. The fourth-order valence-electron chi connectivity index (χ4n) is 2.13. The molecule has 0 saturated carbocycles. The van der Waals surface area contributed by atoms with Gasteiger partial charge in [-0.2, -0.15) is 4.80 Å². The summed E-state index contributed by atoms with van der Waals surface area (Å²) in [4.78, 5) is 19.5. The van der Waals surface area contributed by atoms with Gasteiger partial charge < -0.3 is 4.90 Å². The Kier molecular flexibility index (Phi) is 4.37. The molecule has 0 spiro atoms. The molecule has 2 heterocycles. The first kappa shape index (κ1) is 14.8. The molecule has 3 rings (SSSR count). The quantitative estimate of drug-likeness (QED) is 0.712. The van der Waals surface area contributed by atoms with E-state index in [1.807, 2.05) is 36.4 Å². The zero-order chi connectivity index (χ0) is 16.1. The minimum absolute atomic E-state index is 0.0772. The number of nitrogens with zero attached hydrogens (tertiary/aromatic N) is 6. The smallest absolute Gasteiger partial charge is 0.254 e. The highest BCUT2D eigenvalue weighted by atomic mass is 16.2. The number of rotatable bonds is 5. The number of tetrazole rings is 1. The van der Waals surface area contributed by atoms with E-state index < -0.39 is 0 Å². The summed E-state index contributed by atoms with van der Waals surface area (Å²) < 4.78 is 0. The average Bonchev–Trinajstić information content (AvgIpc) is 3.02. The second-order valence-electron chi connectivity index (χ2n) is 5.08. The predicted molar refractivity (Wildman–Crippen MR) is 83.4 cm³/mol. The van der Waals surface area contributed by atoms with Crippen LogP contribution in [0.1, 0.15) is 21.9 Å². The van der Waals surface area contributed by atoms with E-state index in [0.29, 0.717) is 24.5 Å². The summed E-state index contributed by atoms with van der Waals surface area (Å²) in [5.41, 5.74) is 1.49. The lowest BCUT2D eigenvalue weighted by Crippen LogP contribution is -2.26. The van der Waals surface area contributed by atoms with Gasteiger partial charge in [0.25, 0.3) is 5.91 Å². The van der Waals surface area contributed by atoms with Crippen LogP contribution in [0.2, 0.25) is 0 Å². The maximum absolute atomic E-state index is 12.3. The minimum atomic E-state index is -0.0772. The van der Waals surface area contributed by atoms with Crippen molar-refractivity contribution in [2.24, 2.45) is 0 Å². The third kappa shape index (κ3) is 3.76. The van der Waals surface area contributed by atoms with E-state index in [0.717, 1.165) is 5.69 Å². The van der Waals surface area contributed by atoms with Crippen molar-refractivity contribution in [2.75, 3.05) is 7.05 Å².